The largest absolute Gasteiger partial charge is 0.459 e. The minimum absolute atomic E-state index is 0.0808. The Bertz CT molecular complexity index is 305. The summed E-state index contributed by atoms with van der Waals surface area (Å²) in [4.78, 5) is 0. The molecule has 0 saturated carbocycles. The molecule has 0 bridgehead atoms. The molecule has 1 fully saturated rings. The zero-order valence-corrected chi connectivity index (χ0v) is 9.76. The fraction of sp³-hybridized carbons (Fsp3) is 0.600. The maximum Gasteiger partial charge on any atom is 0.285 e. The van der Waals surface area contributed by atoms with Crippen LogP contribution in [-0.2, 0) is 0 Å². The third-order valence-electron chi connectivity index (χ3n) is 2.55. The number of nitrogens with one attached hydrogen (secondary N) is 1. The monoisotopic (exact) mass is 259 g/mol. The predicted molar refractivity (Wildman–Crippen MR) is 57.5 cm³/mol. The zero-order valence-electron chi connectivity index (χ0n) is 8.18. The van der Waals surface area contributed by atoms with E-state index in [-0.39, 0.29) is 5.60 Å². The lowest BCUT2D eigenvalue weighted by molar-refractivity contribution is 0.0318. The quantitative estimate of drug-likeness (QED) is 0.887. The molecule has 1 saturated heterocycles. The minimum Gasteiger partial charge on any atom is -0.459 e. The summed E-state index contributed by atoms with van der Waals surface area (Å²) >= 11 is 3.33. The second-order valence-corrected chi connectivity index (χ2v) is 4.80. The number of furan rings is 1. The van der Waals surface area contributed by atoms with Crippen LogP contribution in [0, 0.1) is 0 Å². The van der Waals surface area contributed by atoms with E-state index in [4.69, 9.17) is 9.15 Å². The van der Waals surface area contributed by atoms with Gasteiger partial charge in [0.1, 0.15) is 11.9 Å². The van der Waals surface area contributed by atoms with Crippen LogP contribution in [0.25, 0.3) is 0 Å². The smallest absolute Gasteiger partial charge is 0.285 e. The highest BCUT2D eigenvalue weighted by atomic mass is 79.9. The van der Waals surface area contributed by atoms with Crippen LogP contribution in [0.1, 0.15) is 19.8 Å². The molecule has 14 heavy (non-hydrogen) atoms. The van der Waals surface area contributed by atoms with Crippen molar-refractivity contribution < 1.29 is 9.15 Å². The van der Waals surface area contributed by atoms with Gasteiger partial charge in [0.25, 0.3) is 5.95 Å². The van der Waals surface area contributed by atoms with Crippen molar-refractivity contribution in [1.82, 2.24) is 5.32 Å². The fourth-order valence-electron chi connectivity index (χ4n) is 1.65. The maximum atomic E-state index is 5.83. The van der Waals surface area contributed by atoms with Crippen LogP contribution in [0.5, 0.6) is 5.95 Å². The summed E-state index contributed by atoms with van der Waals surface area (Å²) in [5.41, 5.74) is -0.0808. The summed E-state index contributed by atoms with van der Waals surface area (Å²) in [7, 11) is 0. The average molecular weight is 260 g/mol. The molecule has 2 rings (SSSR count). The molecular formula is C10H14BrNO2. The van der Waals surface area contributed by atoms with Gasteiger partial charge in [-0.2, -0.15) is 0 Å². The number of rotatable bonds is 2. The first-order valence-corrected chi connectivity index (χ1v) is 5.61. The summed E-state index contributed by atoms with van der Waals surface area (Å²) in [6, 6.07) is 1.85. The Hall–Kier alpha value is -0.480. The number of hydrogen-bond donors (Lipinski definition) is 1. The number of halogens is 1. The lowest BCUT2D eigenvalue weighted by Gasteiger charge is -2.33. The van der Waals surface area contributed by atoms with E-state index in [2.05, 4.69) is 28.2 Å². The second kappa shape index (κ2) is 3.95. The van der Waals surface area contributed by atoms with Crippen LogP contribution in [0.2, 0.25) is 0 Å². The van der Waals surface area contributed by atoms with Crippen LogP contribution in [0.15, 0.2) is 21.2 Å². The van der Waals surface area contributed by atoms with Crippen molar-refractivity contribution in [2.75, 3.05) is 13.1 Å². The lowest BCUT2D eigenvalue weighted by Crippen LogP contribution is -2.43. The van der Waals surface area contributed by atoms with Gasteiger partial charge in [-0.15, -0.1) is 0 Å². The molecule has 78 valence electrons. The van der Waals surface area contributed by atoms with Crippen molar-refractivity contribution in [2.45, 2.75) is 25.4 Å². The van der Waals surface area contributed by atoms with E-state index in [1.807, 2.05) is 6.07 Å². The summed E-state index contributed by atoms with van der Waals surface area (Å²) in [6.45, 7) is 4.15. The van der Waals surface area contributed by atoms with Crippen molar-refractivity contribution in [1.29, 1.82) is 0 Å². The van der Waals surface area contributed by atoms with Crippen LogP contribution in [0.3, 0.4) is 0 Å². The Kier molecular flexibility index (Phi) is 2.83. The molecule has 0 aliphatic carbocycles. The third-order valence-corrected chi connectivity index (χ3v) is 2.97. The molecule has 0 amide bonds. The van der Waals surface area contributed by atoms with Gasteiger partial charge < -0.3 is 14.5 Å². The zero-order chi connectivity index (χ0) is 10.0. The van der Waals surface area contributed by atoms with Crippen molar-refractivity contribution in [3.05, 3.63) is 16.8 Å². The molecule has 1 aromatic rings. The Balaban J connectivity index is 2.01. The van der Waals surface area contributed by atoms with Crippen molar-refractivity contribution in [3.63, 3.8) is 0 Å². The molecule has 1 N–H and O–H groups in total. The molecule has 2 heterocycles. The first kappa shape index (κ1) is 10.1. The van der Waals surface area contributed by atoms with Gasteiger partial charge in [-0.1, -0.05) is 0 Å². The van der Waals surface area contributed by atoms with Crippen molar-refractivity contribution >= 4 is 15.9 Å². The van der Waals surface area contributed by atoms with Gasteiger partial charge in [-0.25, -0.2) is 0 Å². The topological polar surface area (TPSA) is 34.4 Å². The van der Waals surface area contributed by atoms with E-state index in [1.165, 1.54) is 0 Å². The van der Waals surface area contributed by atoms with E-state index in [0.717, 1.165) is 30.4 Å². The summed E-state index contributed by atoms with van der Waals surface area (Å²) in [6.07, 6.45) is 3.68. The molecule has 0 unspecified atom stereocenters. The summed E-state index contributed by atoms with van der Waals surface area (Å²) in [5, 5.41) is 3.31. The van der Waals surface area contributed by atoms with Crippen LogP contribution in [0.4, 0.5) is 0 Å². The van der Waals surface area contributed by atoms with Crippen molar-refractivity contribution in [2.24, 2.45) is 0 Å². The second-order valence-electron chi connectivity index (χ2n) is 3.89. The normalized spacial score (nSPS) is 20.7. The van der Waals surface area contributed by atoms with E-state index in [0.29, 0.717) is 5.95 Å². The van der Waals surface area contributed by atoms with E-state index in [1.54, 1.807) is 6.26 Å². The standard InChI is InChI=1S/C10H14BrNO2/c1-10(2-4-12-5-3-10)14-9-6-8(11)7-13-9/h6-7,12H,2-5H2,1H3. The Labute approximate surface area is 91.9 Å². The predicted octanol–water partition coefficient (Wildman–Crippen LogP) is 2.56. The highest BCUT2D eigenvalue weighted by Crippen LogP contribution is 2.28. The van der Waals surface area contributed by atoms with Gasteiger partial charge in [-0.05, 0) is 48.8 Å². The van der Waals surface area contributed by atoms with E-state index >= 15 is 0 Å². The highest BCUT2D eigenvalue weighted by Gasteiger charge is 2.29. The Morgan fingerprint density at radius 3 is 2.79 bits per heavy atom. The minimum atomic E-state index is -0.0808. The van der Waals surface area contributed by atoms with Gasteiger partial charge in [0.15, 0.2) is 0 Å². The van der Waals surface area contributed by atoms with Gasteiger partial charge in [0.05, 0.1) is 4.47 Å². The number of hydrogen-bond acceptors (Lipinski definition) is 3. The molecule has 0 atom stereocenters. The molecule has 1 aliphatic heterocycles. The Morgan fingerprint density at radius 2 is 2.21 bits per heavy atom. The van der Waals surface area contributed by atoms with E-state index < -0.39 is 0 Å². The Morgan fingerprint density at radius 1 is 1.50 bits per heavy atom. The van der Waals surface area contributed by atoms with Crippen LogP contribution < -0.4 is 10.1 Å². The van der Waals surface area contributed by atoms with Crippen LogP contribution >= 0.6 is 15.9 Å². The van der Waals surface area contributed by atoms with Gasteiger partial charge in [0.2, 0.25) is 0 Å². The number of piperidine rings is 1. The third kappa shape index (κ3) is 2.30. The highest BCUT2D eigenvalue weighted by molar-refractivity contribution is 9.10. The van der Waals surface area contributed by atoms with Gasteiger partial charge in [0, 0.05) is 6.07 Å². The molecule has 3 nitrogen and oxygen atoms in total. The molecule has 4 heteroatoms. The summed E-state index contributed by atoms with van der Waals surface area (Å²) in [5.74, 6) is 0.598. The van der Waals surface area contributed by atoms with Gasteiger partial charge >= 0.3 is 0 Å². The molecule has 1 aromatic heterocycles. The number of ether oxygens (including phenoxy) is 1. The summed E-state index contributed by atoms with van der Waals surface area (Å²) < 4.78 is 12.0. The first-order valence-electron chi connectivity index (χ1n) is 4.82. The maximum absolute atomic E-state index is 5.83. The average Bonchev–Trinajstić information content (AvgIpc) is 2.51. The molecule has 0 radical (unpaired) electrons. The molecule has 1 aliphatic rings. The van der Waals surface area contributed by atoms with Crippen LogP contribution in [-0.4, -0.2) is 18.7 Å². The van der Waals surface area contributed by atoms with Crippen molar-refractivity contribution in [3.8, 4) is 5.95 Å². The first-order chi connectivity index (χ1) is 6.68. The molecular weight excluding hydrogens is 246 g/mol. The van der Waals surface area contributed by atoms with Gasteiger partial charge in [-0.3, -0.25) is 0 Å². The fourth-order valence-corrected chi connectivity index (χ4v) is 1.93. The SMILES string of the molecule is CC1(Oc2cc(Br)co2)CCNCC1. The molecule has 0 spiro atoms. The van der Waals surface area contributed by atoms with E-state index in [9.17, 15) is 0 Å². The lowest BCUT2D eigenvalue weighted by atomic mass is 9.95. The molecule has 0 aromatic carbocycles.